The van der Waals surface area contributed by atoms with Crippen molar-refractivity contribution in [2.75, 3.05) is 0 Å². The Morgan fingerprint density at radius 3 is 2.45 bits per heavy atom. The van der Waals surface area contributed by atoms with E-state index in [2.05, 4.69) is 6.92 Å². The molecular weight excluding hydrogens is 142 g/mol. The number of rotatable bonds is 1. The maximum Gasteiger partial charge on any atom is 0.247 e. The maximum atomic E-state index is 11.0. The second-order valence-electron chi connectivity index (χ2n) is 3.77. The molecule has 0 saturated heterocycles. The number of hydroxylamine groups is 1. The van der Waals surface area contributed by atoms with Gasteiger partial charge in [-0.15, -0.1) is 0 Å². The lowest BCUT2D eigenvalue weighted by molar-refractivity contribution is -0.160. The molecule has 11 heavy (non-hydrogen) atoms. The average molecular weight is 155 g/mol. The Hall–Kier alpha value is -0.570. The molecule has 2 saturated carbocycles. The Labute approximate surface area is 65.7 Å². The van der Waals surface area contributed by atoms with Gasteiger partial charge in [-0.05, 0) is 30.6 Å². The highest BCUT2D eigenvalue weighted by Crippen LogP contribution is 2.58. The van der Waals surface area contributed by atoms with E-state index in [0.29, 0.717) is 11.8 Å². The van der Waals surface area contributed by atoms with Gasteiger partial charge in [0.2, 0.25) is 5.91 Å². The first-order valence-electron chi connectivity index (χ1n) is 4.19. The highest BCUT2D eigenvalue weighted by atomic mass is 16.5. The third-order valence-corrected chi connectivity index (χ3v) is 3.50. The van der Waals surface area contributed by atoms with Gasteiger partial charge < -0.3 is 0 Å². The van der Waals surface area contributed by atoms with Crippen LogP contribution in [0.4, 0.5) is 0 Å². The van der Waals surface area contributed by atoms with Crippen LogP contribution in [-0.2, 0) is 4.79 Å². The molecule has 0 aromatic heterocycles. The lowest BCUT2D eigenvalue weighted by atomic mass is 9.47. The topological polar surface area (TPSA) is 49.3 Å². The first-order valence-corrected chi connectivity index (χ1v) is 4.19. The first kappa shape index (κ1) is 7.10. The second-order valence-corrected chi connectivity index (χ2v) is 3.77. The largest absolute Gasteiger partial charge is 0.289 e. The average Bonchev–Trinajstić information content (AvgIpc) is 1.96. The van der Waals surface area contributed by atoms with Crippen LogP contribution in [0.3, 0.4) is 0 Å². The van der Waals surface area contributed by atoms with Crippen molar-refractivity contribution >= 4 is 5.91 Å². The molecule has 2 rings (SSSR count). The number of carbonyl (C=O) groups is 1. The van der Waals surface area contributed by atoms with Gasteiger partial charge in [-0.25, -0.2) is 5.48 Å². The normalized spacial score (nSPS) is 46.7. The minimum absolute atomic E-state index is 0.0961. The number of nitrogens with one attached hydrogen (secondary N) is 1. The van der Waals surface area contributed by atoms with Crippen LogP contribution in [0.2, 0.25) is 0 Å². The fourth-order valence-electron chi connectivity index (χ4n) is 2.67. The van der Waals surface area contributed by atoms with Crippen LogP contribution in [0.1, 0.15) is 19.8 Å². The van der Waals surface area contributed by atoms with Gasteiger partial charge in [0.15, 0.2) is 0 Å². The Kier molecular flexibility index (Phi) is 1.42. The summed E-state index contributed by atoms with van der Waals surface area (Å²) in [5.41, 5.74) is 1.74. The minimum atomic E-state index is -0.182. The monoisotopic (exact) mass is 155 g/mol. The van der Waals surface area contributed by atoms with E-state index < -0.39 is 0 Å². The Morgan fingerprint density at radius 2 is 2.09 bits per heavy atom. The number of hydrogen-bond acceptors (Lipinski definition) is 2. The molecule has 4 unspecified atom stereocenters. The number of amides is 1. The van der Waals surface area contributed by atoms with E-state index in [9.17, 15) is 4.79 Å². The van der Waals surface area contributed by atoms with Crippen LogP contribution in [0.15, 0.2) is 0 Å². The Bertz CT molecular complexity index is 187. The first-order chi connectivity index (χ1) is 5.25. The summed E-state index contributed by atoms with van der Waals surface area (Å²) in [6, 6.07) is 0. The summed E-state index contributed by atoms with van der Waals surface area (Å²) in [6.45, 7) is 2.10. The molecule has 62 valence electrons. The molecule has 3 heteroatoms. The molecule has 2 fully saturated rings. The van der Waals surface area contributed by atoms with Gasteiger partial charge in [-0.2, -0.15) is 0 Å². The summed E-state index contributed by atoms with van der Waals surface area (Å²) in [7, 11) is 0. The van der Waals surface area contributed by atoms with Crippen molar-refractivity contribution in [3.63, 3.8) is 0 Å². The molecule has 0 aliphatic heterocycles. The molecule has 0 radical (unpaired) electrons. The molecule has 0 heterocycles. The molecular formula is C8H13NO2. The van der Waals surface area contributed by atoms with Crippen molar-refractivity contribution in [3.8, 4) is 0 Å². The molecule has 4 atom stereocenters. The van der Waals surface area contributed by atoms with Gasteiger partial charge in [-0.1, -0.05) is 6.92 Å². The van der Waals surface area contributed by atoms with E-state index in [0.717, 1.165) is 5.92 Å². The molecule has 0 aromatic carbocycles. The molecule has 0 spiro atoms. The molecule has 2 aliphatic carbocycles. The molecule has 2 aliphatic rings. The smallest absolute Gasteiger partial charge is 0.247 e. The van der Waals surface area contributed by atoms with Gasteiger partial charge in [0.05, 0.1) is 0 Å². The number of hydrogen-bond donors (Lipinski definition) is 2. The predicted molar refractivity (Wildman–Crippen MR) is 38.8 cm³/mol. The highest BCUT2D eigenvalue weighted by Gasteiger charge is 2.55. The van der Waals surface area contributed by atoms with E-state index in [4.69, 9.17) is 5.21 Å². The zero-order valence-electron chi connectivity index (χ0n) is 6.58. The predicted octanol–water partition coefficient (Wildman–Crippen LogP) is 0.784. The van der Waals surface area contributed by atoms with Gasteiger partial charge >= 0.3 is 0 Å². The lowest BCUT2D eigenvalue weighted by Crippen LogP contribution is -2.57. The molecule has 1 amide bonds. The van der Waals surface area contributed by atoms with E-state index in [1.165, 1.54) is 12.8 Å². The van der Waals surface area contributed by atoms with Gasteiger partial charge in [0.1, 0.15) is 0 Å². The van der Waals surface area contributed by atoms with Crippen LogP contribution in [-0.4, -0.2) is 11.1 Å². The summed E-state index contributed by atoms with van der Waals surface area (Å²) in [5, 5.41) is 8.42. The van der Waals surface area contributed by atoms with E-state index in [1.54, 1.807) is 5.48 Å². The summed E-state index contributed by atoms with van der Waals surface area (Å²) in [5.74, 6) is 1.76. The van der Waals surface area contributed by atoms with Crippen molar-refractivity contribution < 1.29 is 10.0 Å². The summed E-state index contributed by atoms with van der Waals surface area (Å²) < 4.78 is 0. The molecule has 0 bridgehead atoms. The summed E-state index contributed by atoms with van der Waals surface area (Å²) in [4.78, 5) is 11.0. The fraction of sp³-hybridized carbons (Fsp3) is 0.875. The third-order valence-electron chi connectivity index (χ3n) is 3.50. The van der Waals surface area contributed by atoms with Crippen molar-refractivity contribution in [3.05, 3.63) is 0 Å². The van der Waals surface area contributed by atoms with Crippen LogP contribution >= 0.6 is 0 Å². The number of carbonyl (C=O) groups excluding carboxylic acids is 1. The molecule has 0 aromatic rings. The van der Waals surface area contributed by atoms with Crippen LogP contribution in [0.5, 0.6) is 0 Å². The van der Waals surface area contributed by atoms with Crippen molar-refractivity contribution in [2.45, 2.75) is 19.8 Å². The SMILES string of the molecule is CC1C2CCC2C1C(=O)NO. The second kappa shape index (κ2) is 2.21. The third kappa shape index (κ3) is 0.745. The quantitative estimate of drug-likeness (QED) is 0.434. The van der Waals surface area contributed by atoms with Gasteiger partial charge in [0, 0.05) is 5.92 Å². The maximum absolute atomic E-state index is 11.0. The molecule has 3 nitrogen and oxygen atoms in total. The fourth-order valence-corrected chi connectivity index (χ4v) is 2.67. The standard InChI is InChI=1S/C8H13NO2/c1-4-5-2-3-6(5)7(4)8(10)9-11/h4-7,11H,2-3H2,1H3,(H,9,10). The number of fused-ring (bicyclic) bond motifs is 1. The zero-order valence-corrected chi connectivity index (χ0v) is 6.58. The van der Waals surface area contributed by atoms with E-state index in [-0.39, 0.29) is 11.8 Å². The van der Waals surface area contributed by atoms with E-state index in [1.807, 2.05) is 0 Å². The van der Waals surface area contributed by atoms with Crippen LogP contribution in [0.25, 0.3) is 0 Å². The van der Waals surface area contributed by atoms with Crippen molar-refractivity contribution in [1.29, 1.82) is 0 Å². The minimum Gasteiger partial charge on any atom is -0.289 e. The highest BCUT2D eigenvalue weighted by molar-refractivity contribution is 5.79. The van der Waals surface area contributed by atoms with Gasteiger partial charge in [0.25, 0.3) is 0 Å². The molecule has 2 N–H and O–H groups in total. The zero-order chi connectivity index (χ0) is 8.01. The summed E-state index contributed by atoms with van der Waals surface area (Å²) in [6.07, 6.45) is 2.45. The van der Waals surface area contributed by atoms with E-state index >= 15 is 0 Å². The summed E-state index contributed by atoms with van der Waals surface area (Å²) >= 11 is 0. The van der Waals surface area contributed by atoms with Crippen LogP contribution < -0.4 is 5.48 Å². The van der Waals surface area contributed by atoms with Crippen LogP contribution in [0, 0.1) is 23.7 Å². The van der Waals surface area contributed by atoms with Crippen molar-refractivity contribution in [2.24, 2.45) is 23.7 Å². The lowest BCUT2D eigenvalue weighted by Gasteiger charge is -2.57. The Morgan fingerprint density at radius 1 is 1.45 bits per heavy atom. The Balaban J connectivity index is 2.00. The van der Waals surface area contributed by atoms with Crippen molar-refractivity contribution in [1.82, 2.24) is 5.48 Å². The van der Waals surface area contributed by atoms with Gasteiger partial charge in [-0.3, -0.25) is 10.0 Å².